The van der Waals surface area contributed by atoms with Crippen LogP contribution in [0.5, 0.6) is 0 Å². The van der Waals surface area contributed by atoms with Crippen LogP contribution in [0.25, 0.3) is 0 Å². The predicted molar refractivity (Wildman–Crippen MR) is 81.4 cm³/mol. The van der Waals surface area contributed by atoms with E-state index < -0.39 is 0 Å². The Balaban J connectivity index is 2.06. The van der Waals surface area contributed by atoms with Gasteiger partial charge in [0.15, 0.2) is 0 Å². The predicted octanol–water partition coefficient (Wildman–Crippen LogP) is 2.51. The minimum absolute atomic E-state index is 0.128. The summed E-state index contributed by atoms with van der Waals surface area (Å²) in [5.74, 6) is -0.476. The van der Waals surface area contributed by atoms with E-state index in [-0.39, 0.29) is 24.4 Å². The second-order valence-electron chi connectivity index (χ2n) is 4.68. The topological polar surface area (TPSA) is 55.8 Å². The summed E-state index contributed by atoms with van der Waals surface area (Å²) in [7, 11) is 1.33. The normalized spacial score (nSPS) is 18.4. The van der Waals surface area contributed by atoms with Crippen molar-refractivity contribution in [3.8, 4) is 0 Å². The monoisotopic (exact) mass is 375 g/mol. The highest BCUT2D eigenvalue weighted by Gasteiger charge is 2.27. The van der Waals surface area contributed by atoms with Crippen LogP contribution in [0.3, 0.4) is 0 Å². The summed E-state index contributed by atoms with van der Waals surface area (Å²) in [4.78, 5) is 25.4. The molecule has 1 aliphatic rings. The summed E-state index contributed by atoms with van der Waals surface area (Å²) in [5.41, 5.74) is 0.507. The lowest BCUT2D eigenvalue weighted by Gasteiger charge is -2.32. The van der Waals surface area contributed by atoms with Gasteiger partial charge in [0, 0.05) is 28.1 Å². The molecule has 114 valence electrons. The maximum Gasteiger partial charge on any atom is 0.308 e. The van der Waals surface area contributed by atoms with Crippen LogP contribution in [-0.4, -0.2) is 49.7 Å². The van der Waals surface area contributed by atoms with E-state index >= 15 is 0 Å². The second kappa shape index (κ2) is 7.24. The minimum Gasteiger partial charge on any atom is -0.469 e. The molecule has 1 aliphatic heterocycles. The zero-order valence-corrected chi connectivity index (χ0v) is 13.8. The van der Waals surface area contributed by atoms with E-state index in [1.165, 1.54) is 7.11 Å². The third kappa shape index (κ3) is 4.43. The van der Waals surface area contributed by atoms with Crippen molar-refractivity contribution >= 4 is 39.4 Å². The van der Waals surface area contributed by atoms with Gasteiger partial charge in [-0.2, -0.15) is 0 Å². The summed E-state index contributed by atoms with van der Waals surface area (Å²) in [6.45, 7) is 1.24. The number of methoxy groups -OCH3 is 1. The minimum atomic E-state index is -0.347. The number of halogens is 2. The van der Waals surface area contributed by atoms with Gasteiger partial charge in [-0.3, -0.25) is 9.59 Å². The fourth-order valence-corrected chi connectivity index (χ4v) is 3.02. The lowest BCUT2D eigenvalue weighted by Crippen LogP contribution is -2.46. The Morgan fingerprint density at radius 3 is 2.90 bits per heavy atom. The van der Waals surface area contributed by atoms with E-state index in [0.29, 0.717) is 30.3 Å². The van der Waals surface area contributed by atoms with Crippen LogP contribution in [0.15, 0.2) is 22.7 Å². The zero-order chi connectivity index (χ0) is 15.4. The van der Waals surface area contributed by atoms with Gasteiger partial charge in [-0.25, -0.2) is 0 Å². The zero-order valence-electron chi connectivity index (χ0n) is 11.5. The average molecular weight is 377 g/mol. The molecule has 0 saturated carbocycles. The Kier molecular flexibility index (Phi) is 5.61. The maximum atomic E-state index is 12.5. The van der Waals surface area contributed by atoms with Gasteiger partial charge in [0.25, 0.3) is 5.91 Å². The fourth-order valence-electron chi connectivity index (χ4n) is 2.16. The standard InChI is InChI=1S/C14H15BrClNO4/c1-20-13(18)7-12-8-17(2-3-21-12)14(19)9-4-10(15)6-11(16)5-9/h4-6,12H,2-3,7-8H2,1H3. The molecule has 0 radical (unpaired) electrons. The van der Waals surface area contributed by atoms with E-state index in [0.717, 1.165) is 4.47 Å². The summed E-state index contributed by atoms with van der Waals surface area (Å²) >= 11 is 9.28. The third-order valence-corrected chi connectivity index (χ3v) is 3.83. The largest absolute Gasteiger partial charge is 0.469 e. The van der Waals surface area contributed by atoms with Crippen LogP contribution in [0.4, 0.5) is 0 Å². The van der Waals surface area contributed by atoms with Crippen LogP contribution in [0.2, 0.25) is 5.02 Å². The summed E-state index contributed by atoms with van der Waals surface area (Å²) in [5, 5.41) is 0.493. The number of hydrogen-bond acceptors (Lipinski definition) is 4. The fraction of sp³-hybridized carbons (Fsp3) is 0.429. The molecule has 0 spiro atoms. The molecule has 1 fully saturated rings. The highest BCUT2D eigenvalue weighted by Crippen LogP contribution is 2.21. The van der Waals surface area contributed by atoms with Crippen molar-refractivity contribution in [2.75, 3.05) is 26.8 Å². The molecular formula is C14H15BrClNO4. The van der Waals surface area contributed by atoms with E-state index in [1.54, 1.807) is 23.1 Å². The Morgan fingerprint density at radius 2 is 2.24 bits per heavy atom. The average Bonchev–Trinajstić information content (AvgIpc) is 2.45. The van der Waals surface area contributed by atoms with Gasteiger partial charge in [-0.1, -0.05) is 27.5 Å². The molecule has 1 atom stereocenters. The molecule has 1 saturated heterocycles. The number of carbonyl (C=O) groups excluding carboxylic acids is 2. The number of rotatable bonds is 3. The Hall–Kier alpha value is -1.11. The first-order chi connectivity index (χ1) is 9.99. The van der Waals surface area contributed by atoms with Crippen molar-refractivity contribution < 1.29 is 19.1 Å². The Bertz CT molecular complexity index is 532. The van der Waals surface area contributed by atoms with Crippen molar-refractivity contribution in [2.24, 2.45) is 0 Å². The lowest BCUT2D eigenvalue weighted by atomic mass is 10.1. The van der Waals surface area contributed by atoms with Crippen LogP contribution in [0, 0.1) is 0 Å². The molecule has 2 rings (SSSR count). The van der Waals surface area contributed by atoms with Gasteiger partial charge >= 0.3 is 5.97 Å². The van der Waals surface area contributed by atoms with E-state index in [4.69, 9.17) is 16.3 Å². The molecule has 1 heterocycles. The summed E-state index contributed by atoms with van der Waals surface area (Å²) in [6, 6.07) is 5.07. The number of benzene rings is 1. The van der Waals surface area contributed by atoms with Gasteiger partial charge in [0.05, 0.1) is 26.2 Å². The molecule has 0 aromatic heterocycles. The highest BCUT2D eigenvalue weighted by atomic mass is 79.9. The first kappa shape index (κ1) is 16.3. The number of amides is 1. The number of ether oxygens (including phenoxy) is 2. The molecule has 1 aromatic carbocycles. The molecule has 1 aromatic rings. The van der Waals surface area contributed by atoms with Crippen molar-refractivity contribution in [3.05, 3.63) is 33.3 Å². The number of morpholine rings is 1. The van der Waals surface area contributed by atoms with Crippen LogP contribution in [-0.2, 0) is 14.3 Å². The van der Waals surface area contributed by atoms with Crippen molar-refractivity contribution in [1.29, 1.82) is 0 Å². The lowest BCUT2D eigenvalue weighted by molar-refractivity contribution is -0.145. The second-order valence-corrected chi connectivity index (χ2v) is 6.03. The number of carbonyl (C=O) groups is 2. The molecule has 7 heteroatoms. The van der Waals surface area contributed by atoms with Crippen LogP contribution in [0.1, 0.15) is 16.8 Å². The first-order valence-corrected chi connectivity index (χ1v) is 7.60. The molecule has 0 N–H and O–H groups in total. The van der Waals surface area contributed by atoms with Crippen molar-refractivity contribution in [1.82, 2.24) is 4.90 Å². The molecule has 5 nitrogen and oxygen atoms in total. The van der Waals surface area contributed by atoms with Gasteiger partial charge in [0.1, 0.15) is 0 Å². The molecule has 0 bridgehead atoms. The van der Waals surface area contributed by atoms with Crippen LogP contribution >= 0.6 is 27.5 Å². The van der Waals surface area contributed by atoms with Gasteiger partial charge in [0.2, 0.25) is 0 Å². The maximum absolute atomic E-state index is 12.5. The van der Waals surface area contributed by atoms with Crippen LogP contribution < -0.4 is 0 Å². The first-order valence-electron chi connectivity index (χ1n) is 6.43. The Labute approximate surface area is 136 Å². The van der Waals surface area contributed by atoms with Crippen molar-refractivity contribution in [3.63, 3.8) is 0 Å². The summed E-state index contributed by atoms with van der Waals surface area (Å²) in [6.07, 6.45) is -0.197. The quantitative estimate of drug-likeness (QED) is 0.761. The molecule has 1 amide bonds. The highest BCUT2D eigenvalue weighted by molar-refractivity contribution is 9.10. The van der Waals surface area contributed by atoms with Gasteiger partial charge in [-0.15, -0.1) is 0 Å². The van der Waals surface area contributed by atoms with E-state index in [1.807, 2.05) is 0 Å². The smallest absolute Gasteiger partial charge is 0.308 e. The Morgan fingerprint density at radius 1 is 1.48 bits per heavy atom. The van der Waals surface area contributed by atoms with E-state index in [2.05, 4.69) is 20.7 Å². The third-order valence-electron chi connectivity index (χ3n) is 3.16. The van der Waals surface area contributed by atoms with Gasteiger partial charge < -0.3 is 14.4 Å². The molecule has 1 unspecified atom stereocenters. The van der Waals surface area contributed by atoms with E-state index in [9.17, 15) is 9.59 Å². The molecule has 21 heavy (non-hydrogen) atoms. The number of esters is 1. The molecule has 0 aliphatic carbocycles. The summed E-state index contributed by atoms with van der Waals surface area (Å²) < 4.78 is 10.9. The van der Waals surface area contributed by atoms with Gasteiger partial charge in [-0.05, 0) is 18.2 Å². The number of nitrogens with zero attached hydrogens (tertiary/aromatic N) is 1. The SMILES string of the molecule is COC(=O)CC1CN(C(=O)c2cc(Cl)cc(Br)c2)CCO1. The number of hydrogen-bond donors (Lipinski definition) is 0. The molecular weight excluding hydrogens is 362 g/mol. The van der Waals surface area contributed by atoms with Crippen molar-refractivity contribution in [2.45, 2.75) is 12.5 Å².